The Morgan fingerprint density at radius 2 is 1.79 bits per heavy atom. The van der Waals surface area contributed by atoms with Gasteiger partial charge in [0.1, 0.15) is 5.82 Å². The van der Waals surface area contributed by atoms with Gasteiger partial charge in [0.05, 0.1) is 31.9 Å². The van der Waals surface area contributed by atoms with Crippen molar-refractivity contribution in [1.29, 1.82) is 0 Å². The van der Waals surface area contributed by atoms with Crippen molar-refractivity contribution in [3.05, 3.63) is 71.0 Å². The van der Waals surface area contributed by atoms with Gasteiger partial charge >= 0.3 is 0 Å². The van der Waals surface area contributed by atoms with E-state index < -0.39 is 11.6 Å². The number of morpholine rings is 1. The number of hydrogen-bond donors (Lipinski definition) is 0. The molecule has 2 aliphatic rings. The Balaban J connectivity index is 1.50. The van der Waals surface area contributed by atoms with E-state index in [0.717, 1.165) is 19.5 Å². The fourth-order valence-corrected chi connectivity index (χ4v) is 4.09. The normalized spacial score (nSPS) is 23.2. The lowest BCUT2D eigenvalue weighted by Gasteiger charge is -2.43. The maximum absolute atomic E-state index is 14.1. The van der Waals surface area contributed by atoms with E-state index in [4.69, 9.17) is 9.47 Å². The lowest BCUT2D eigenvalue weighted by atomic mass is 10.1. The summed E-state index contributed by atoms with van der Waals surface area (Å²) in [5.74, 6) is -1.69. The second-order valence-corrected chi connectivity index (χ2v) is 7.80. The van der Waals surface area contributed by atoms with Gasteiger partial charge in [0, 0.05) is 19.6 Å². The van der Waals surface area contributed by atoms with E-state index in [2.05, 4.69) is 30.0 Å². The van der Waals surface area contributed by atoms with Gasteiger partial charge in [-0.25, -0.2) is 4.39 Å². The summed E-state index contributed by atoms with van der Waals surface area (Å²) in [5.41, 5.74) is 2.63. The summed E-state index contributed by atoms with van der Waals surface area (Å²) < 4.78 is 26.3. The first kappa shape index (κ1) is 20.0. The van der Waals surface area contributed by atoms with Crippen LogP contribution in [0.2, 0.25) is 0 Å². The van der Waals surface area contributed by atoms with E-state index >= 15 is 0 Å². The molecule has 0 saturated carbocycles. The number of nitrogens with zero attached hydrogens (tertiary/aromatic N) is 2. The number of halogens is 1. The molecule has 0 aliphatic carbocycles. The molecule has 2 aliphatic heterocycles. The molecule has 0 aromatic heterocycles. The summed E-state index contributed by atoms with van der Waals surface area (Å²) in [5, 5.41) is 0. The average molecular weight is 398 g/mol. The summed E-state index contributed by atoms with van der Waals surface area (Å²) in [4.78, 5) is 16.9. The molecule has 4 rings (SSSR count). The predicted octanol–water partition coefficient (Wildman–Crippen LogP) is 3.23. The maximum atomic E-state index is 14.1. The Morgan fingerprint density at radius 3 is 2.62 bits per heavy atom. The first-order chi connectivity index (χ1) is 14.1. The van der Waals surface area contributed by atoms with Gasteiger partial charge in [0.2, 0.25) is 0 Å². The number of carbonyl (C=O) groups excluding carboxylic acids is 1. The SMILES string of the molecule is Cc1ccccc1CN1CCCOC2(C1)CN(C(=O)c1ccccc1F)CCO2. The van der Waals surface area contributed by atoms with Crippen molar-refractivity contribution >= 4 is 5.91 Å². The van der Waals surface area contributed by atoms with E-state index in [-0.39, 0.29) is 11.5 Å². The van der Waals surface area contributed by atoms with Gasteiger partial charge in [0.15, 0.2) is 5.79 Å². The fourth-order valence-electron chi connectivity index (χ4n) is 4.09. The zero-order valence-electron chi connectivity index (χ0n) is 16.8. The average Bonchev–Trinajstić information content (AvgIpc) is 2.91. The zero-order valence-corrected chi connectivity index (χ0v) is 16.8. The molecule has 1 spiro atoms. The van der Waals surface area contributed by atoms with E-state index in [1.165, 1.54) is 23.3 Å². The molecule has 1 unspecified atom stereocenters. The highest BCUT2D eigenvalue weighted by molar-refractivity contribution is 5.94. The van der Waals surface area contributed by atoms with Crippen molar-refractivity contribution in [1.82, 2.24) is 9.80 Å². The highest BCUT2D eigenvalue weighted by Gasteiger charge is 2.42. The van der Waals surface area contributed by atoms with E-state index in [1.807, 2.05) is 6.07 Å². The van der Waals surface area contributed by atoms with Gasteiger partial charge in [0.25, 0.3) is 5.91 Å². The van der Waals surface area contributed by atoms with Gasteiger partial charge in [-0.1, -0.05) is 36.4 Å². The summed E-state index contributed by atoms with van der Waals surface area (Å²) in [7, 11) is 0. The summed E-state index contributed by atoms with van der Waals surface area (Å²) in [6.45, 7) is 6.07. The molecule has 154 valence electrons. The summed E-state index contributed by atoms with van der Waals surface area (Å²) >= 11 is 0. The van der Waals surface area contributed by atoms with Gasteiger partial charge < -0.3 is 14.4 Å². The first-order valence-corrected chi connectivity index (χ1v) is 10.1. The topological polar surface area (TPSA) is 42.0 Å². The Bertz CT molecular complexity index is 875. The van der Waals surface area contributed by atoms with Crippen LogP contribution in [0, 0.1) is 12.7 Å². The van der Waals surface area contributed by atoms with Crippen LogP contribution < -0.4 is 0 Å². The summed E-state index contributed by atoms with van der Waals surface area (Å²) in [6.07, 6.45) is 0.901. The Morgan fingerprint density at radius 1 is 1.03 bits per heavy atom. The molecule has 1 atom stereocenters. The Kier molecular flexibility index (Phi) is 5.94. The number of benzene rings is 2. The quantitative estimate of drug-likeness (QED) is 0.796. The number of rotatable bonds is 3. The van der Waals surface area contributed by atoms with Crippen LogP contribution in [0.25, 0.3) is 0 Å². The van der Waals surface area contributed by atoms with Crippen molar-refractivity contribution in [2.24, 2.45) is 0 Å². The van der Waals surface area contributed by atoms with Crippen LogP contribution >= 0.6 is 0 Å². The second-order valence-electron chi connectivity index (χ2n) is 7.80. The minimum Gasteiger partial charge on any atom is -0.347 e. The molecule has 5 nitrogen and oxygen atoms in total. The smallest absolute Gasteiger partial charge is 0.257 e. The predicted molar refractivity (Wildman–Crippen MR) is 108 cm³/mol. The third kappa shape index (κ3) is 4.50. The van der Waals surface area contributed by atoms with Crippen LogP contribution in [-0.4, -0.2) is 60.9 Å². The van der Waals surface area contributed by atoms with Crippen molar-refractivity contribution in [2.75, 3.05) is 39.4 Å². The van der Waals surface area contributed by atoms with E-state index in [1.54, 1.807) is 17.0 Å². The van der Waals surface area contributed by atoms with Gasteiger partial charge in [-0.2, -0.15) is 0 Å². The lowest BCUT2D eigenvalue weighted by Crippen LogP contribution is -2.59. The summed E-state index contributed by atoms with van der Waals surface area (Å²) in [6, 6.07) is 14.5. The molecule has 6 heteroatoms. The zero-order chi connectivity index (χ0) is 20.3. The van der Waals surface area contributed by atoms with Crippen molar-refractivity contribution < 1.29 is 18.7 Å². The third-order valence-electron chi connectivity index (χ3n) is 5.65. The molecule has 0 radical (unpaired) electrons. The monoisotopic (exact) mass is 398 g/mol. The number of aryl methyl sites for hydroxylation is 1. The Labute approximate surface area is 171 Å². The highest BCUT2D eigenvalue weighted by Crippen LogP contribution is 2.27. The molecule has 0 N–H and O–H groups in total. The number of carbonyl (C=O) groups is 1. The Hall–Kier alpha value is -2.28. The van der Waals surface area contributed by atoms with E-state index in [0.29, 0.717) is 32.8 Å². The van der Waals surface area contributed by atoms with Crippen LogP contribution in [-0.2, 0) is 16.0 Å². The number of hydrogen-bond acceptors (Lipinski definition) is 4. The molecule has 2 aromatic carbocycles. The molecular weight excluding hydrogens is 371 g/mol. The van der Waals surface area contributed by atoms with Crippen molar-refractivity contribution in [2.45, 2.75) is 25.7 Å². The molecule has 29 heavy (non-hydrogen) atoms. The molecule has 2 aromatic rings. The molecule has 2 heterocycles. The minimum absolute atomic E-state index is 0.0925. The van der Waals surface area contributed by atoms with Gasteiger partial charge in [-0.3, -0.25) is 9.69 Å². The van der Waals surface area contributed by atoms with Crippen molar-refractivity contribution in [3.63, 3.8) is 0 Å². The standard InChI is InChI=1S/C23H27FN2O3/c1-18-7-2-3-8-19(18)15-25-11-6-13-28-23(16-25)17-26(12-14-29-23)22(27)20-9-4-5-10-21(20)24/h2-5,7-10H,6,11-17H2,1H3. The number of amides is 1. The molecule has 1 amide bonds. The lowest BCUT2D eigenvalue weighted by molar-refractivity contribution is -0.261. The molecule has 2 fully saturated rings. The molecule has 2 saturated heterocycles. The van der Waals surface area contributed by atoms with Crippen LogP contribution in [0.3, 0.4) is 0 Å². The third-order valence-corrected chi connectivity index (χ3v) is 5.65. The van der Waals surface area contributed by atoms with Crippen LogP contribution in [0.4, 0.5) is 4.39 Å². The fraction of sp³-hybridized carbons (Fsp3) is 0.435. The van der Waals surface area contributed by atoms with Crippen molar-refractivity contribution in [3.8, 4) is 0 Å². The number of ether oxygens (including phenoxy) is 2. The largest absolute Gasteiger partial charge is 0.347 e. The van der Waals surface area contributed by atoms with Gasteiger partial charge in [-0.05, 0) is 36.6 Å². The van der Waals surface area contributed by atoms with Crippen LogP contribution in [0.5, 0.6) is 0 Å². The highest BCUT2D eigenvalue weighted by atomic mass is 19.1. The van der Waals surface area contributed by atoms with Crippen LogP contribution in [0.1, 0.15) is 27.9 Å². The first-order valence-electron chi connectivity index (χ1n) is 10.1. The molecule has 0 bridgehead atoms. The van der Waals surface area contributed by atoms with Gasteiger partial charge in [-0.15, -0.1) is 0 Å². The molecular formula is C23H27FN2O3. The maximum Gasteiger partial charge on any atom is 0.257 e. The van der Waals surface area contributed by atoms with E-state index in [9.17, 15) is 9.18 Å². The second kappa shape index (κ2) is 8.61. The van der Waals surface area contributed by atoms with Crippen LogP contribution in [0.15, 0.2) is 48.5 Å². The minimum atomic E-state index is -0.877.